The van der Waals surface area contributed by atoms with Crippen LogP contribution in [0.15, 0.2) is 30.3 Å². The number of nitrogens with zero attached hydrogens (tertiary/aromatic N) is 2. The van der Waals surface area contributed by atoms with Gasteiger partial charge in [0.15, 0.2) is 0 Å². The van der Waals surface area contributed by atoms with E-state index in [0.29, 0.717) is 18.7 Å². The second kappa shape index (κ2) is 12.8. The summed E-state index contributed by atoms with van der Waals surface area (Å²) in [5.41, 5.74) is 4.23. The van der Waals surface area contributed by atoms with Crippen molar-refractivity contribution >= 4 is 29.3 Å². The maximum Gasteiger partial charge on any atom is 0.409 e. The van der Waals surface area contributed by atoms with Gasteiger partial charge in [0.1, 0.15) is 11.4 Å². The molecule has 0 atom stereocenters. The van der Waals surface area contributed by atoms with Gasteiger partial charge in [-0.1, -0.05) is 19.4 Å². The predicted octanol–water partition coefficient (Wildman–Crippen LogP) is 4.86. The van der Waals surface area contributed by atoms with Crippen LogP contribution in [0.1, 0.15) is 72.5 Å². The average Bonchev–Trinajstić information content (AvgIpc) is 3.32. The zero-order valence-corrected chi connectivity index (χ0v) is 25.7. The van der Waals surface area contributed by atoms with Crippen LogP contribution in [0.4, 0.5) is 16.2 Å². The number of β-amino-alcohol motifs (C(OH)–C–C–N with tert-alkyl or cyclic N) is 1. The summed E-state index contributed by atoms with van der Waals surface area (Å²) in [6.07, 6.45) is 4.40. The van der Waals surface area contributed by atoms with Crippen molar-refractivity contribution in [1.82, 2.24) is 9.80 Å². The lowest BCUT2D eigenvalue weighted by Gasteiger charge is -2.45. The second-order valence-electron chi connectivity index (χ2n) is 12.3. The van der Waals surface area contributed by atoms with Crippen molar-refractivity contribution in [1.29, 1.82) is 0 Å². The highest BCUT2D eigenvalue weighted by Crippen LogP contribution is 2.36. The van der Waals surface area contributed by atoms with Crippen LogP contribution in [-0.2, 0) is 16.1 Å². The summed E-state index contributed by atoms with van der Waals surface area (Å²) in [7, 11) is 1.62. The van der Waals surface area contributed by atoms with E-state index in [2.05, 4.69) is 10.6 Å². The fourth-order valence-corrected chi connectivity index (χ4v) is 6.37. The summed E-state index contributed by atoms with van der Waals surface area (Å²) < 4.78 is 10.6. The van der Waals surface area contributed by atoms with Crippen molar-refractivity contribution in [2.75, 3.05) is 44.0 Å². The van der Waals surface area contributed by atoms with Crippen LogP contribution in [0.25, 0.3) is 0 Å². The molecule has 0 aromatic heterocycles. The molecule has 0 radical (unpaired) electrons. The molecule has 0 bridgehead atoms. The fourth-order valence-electron chi connectivity index (χ4n) is 6.37. The van der Waals surface area contributed by atoms with Gasteiger partial charge in [-0.05, 0) is 80.8 Å². The Balaban J connectivity index is 1.12. The Kier molecular flexibility index (Phi) is 9.15. The van der Waals surface area contributed by atoms with E-state index in [4.69, 9.17) is 9.47 Å². The Morgan fingerprint density at radius 1 is 1.05 bits per heavy atom. The number of amides is 3. The molecular weight excluding hydrogens is 548 g/mol. The van der Waals surface area contributed by atoms with Crippen LogP contribution < -0.4 is 15.4 Å². The van der Waals surface area contributed by atoms with Gasteiger partial charge >= 0.3 is 6.09 Å². The number of anilines is 2. The van der Waals surface area contributed by atoms with Gasteiger partial charge in [-0.15, -0.1) is 0 Å². The largest absolute Gasteiger partial charge is 0.496 e. The number of likely N-dealkylation sites (tertiary alicyclic amines) is 1. The molecule has 2 fully saturated rings. The minimum atomic E-state index is -1.04. The van der Waals surface area contributed by atoms with Crippen LogP contribution in [-0.4, -0.2) is 77.8 Å². The summed E-state index contributed by atoms with van der Waals surface area (Å²) in [5, 5.41) is 17.2. The molecule has 232 valence electrons. The predicted molar refractivity (Wildman–Crippen MR) is 164 cm³/mol. The van der Waals surface area contributed by atoms with E-state index in [1.807, 2.05) is 56.0 Å². The van der Waals surface area contributed by atoms with Crippen molar-refractivity contribution in [2.24, 2.45) is 5.92 Å². The van der Waals surface area contributed by atoms with Crippen molar-refractivity contribution in [3.8, 4) is 5.75 Å². The first-order valence-corrected chi connectivity index (χ1v) is 15.4. The lowest BCUT2D eigenvalue weighted by Crippen LogP contribution is -2.66. The zero-order chi connectivity index (χ0) is 30.7. The number of methoxy groups -OCH3 is 1. The molecule has 2 heterocycles. The number of ether oxygens (including phenoxy) is 2. The number of aryl methyl sites for hydroxylation is 2. The van der Waals surface area contributed by atoms with Gasteiger partial charge < -0.3 is 35.0 Å². The minimum Gasteiger partial charge on any atom is -0.496 e. The molecule has 43 heavy (non-hydrogen) atoms. The second-order valence-corrected chi connectivity index (χ2v) is 12.3. The summed E-state index contributed by atoms with van der Waals surface area (Å²) in [5.74, 6) is 0.682. The Morgan fingerprint density at radius 3 is 2.49 bits per heavy atom. The van der Waals surface area contributed by atoms with Crippen molar-refractivity contribution in [3.05, 3.63) is 52.6 Å². The lowest BCUT2D eigenvalue weighted by atomic mass is 9.84. The molecule has 1 aliphatic carbocycles. The summed E-state index contributed by atoms with van der Waals surface area (Å²) >= 11 is 0. The number of carbonyl (C=O) groups excluding carboxylic acids is 3. The monoisotopic (exact) mass is 592 g/mol. The number of benzene rings is 2. The lowest BCUT2D eigenvalue weighted by molar-refractivity contribution is -0.121. The van der Waals surface area contributed by atoms with Gasteiger partial charge in [0.2, 0.25) is 5.91 Å². The quantitative estimate of drug-likeness (QED) is 0.337. The number of fused-ring (bicyclic) bond motifs is 1. The molecule has 5 rings (SSSR count). The van der Waals surface area contributed by atoms with Gasteiger partial charge in [0, 0.05) is 48.1 Å². The normalized spacial score (nSPS) is 20.7. The number of unbranched alkanes of at least 4 members (excludes halogenated alkanes) is 1. The Bertz CT molecular complexity index is 1360. The highest BCUT2D eigenvalue weighted by atomic mass is 16.6. The molecule has 2 aromatic rings. The zero-order valence-electron chi connectivity index (χ0n) is 25.7. The molecule has 2 aromatic carbocycles. The molecule has 2 aliphatic heterocycles. The van der Waals surface area contributed by atoms with Gasteiger partial charge in [-0.25, -0.2) is 4.79 Å². The summed E-state index contributed by atoms with van der Waals surface area (Å²) in [6, 6.07) is 9.64. The van der Waals surface area contributed by atoms with E-state index in [9.17, 15) is 19.5 Å². The maximum atomic E-state index is 13.5. The van der Waals surface area contributed by atoms with E-state index in [1.54, 1.807) is 7.11 Å². The molecule has 0 spiro atoms. The van der Waals surface area contributed by atoms with Crippen LogP contribution in [0, 0.1) is 19.8 Å². The molecular formula is C33H44N4O6. The number of hydrogen-bond donors (Lipinski definition) is 3. The molecule has 10 heteroatoms. The van der Waals surface area contributed by atoms with E-state index in [0.717, 1.165) is 72.3 Å². The number of rotatable bonds is 10. The first kappa shape index (κ1) is 30.7. The topological polar surface area (TPSA) is 120 Å². The summed E-state index contributed by atoms with van der Waals surface area (Å²) in [6.45, 7) is 7.66. The number of hydrogen-bond acceptors (Lipinski definition) is 7. The van der Waals surface area contributed by atoms with Crippen LogP contribution in [0.5, 0.6) is 5.75 Å². The highest BCUT2D eigenvalue weighted by molar-refractivity contribution is 6.00. The average molecular weight is 593 g/mol. The van der Waals surface area contributed by atoms with E-state index >= 15 is 0 Å². The number of aliphatic hydroxyl groups is 1. The number of nitrogens with one attached hydrogen (secondary N) is 2. The van der Waals surface area contributed by atoms with Gasteiger partial charge in [-0.3, -0.25) is 9.59 Å². The van der Waals surface area contributed by atoms with E-state index in [-0.39, 0.29) is 43.4 Å². The molecule has 10 nitrogen and oxygen atoms in total. The Hall–Kier alpha value is -3.79. The SMILES string of the molecule is CCCCOC(=O)N1CC(O)(CNc2cc(C)c3c(c2)C(=O)N(C2CCC(C(=O)Nc4ccc(C)c(OC)c4)CC2)C3)C1. The maximum absolute atomic E-state index is 13.5. The molecule has 3 N–H and O–H groups in total. The summed E-state index contributed by atoms with van der Waals surface area (Å²) in [4.78, 5) is 42.1. The van der Waals surface area contributed by atoms with Gasteiger partial charge in [0.05, 0.1) is 26.8 Å². The van der Waals surface area contributed by atoms with Gasteiger partial charge in [-0.2, -0.15) is 0 Å². The molecule has 3 aliphatic rings. The van der Waals surface area contributed by atoms with Crippen molar-refractivity contribution in [3.63, 3.8) is 0 Å². The van der Waals surface area contributed by atoms with Crippen LogP contribution in [0.2, 0.25) is 0 Å². The molecule has 1 saturated carbocycles. The van der Waals surface area contributed by atoms with Crippen LogP contribution >= 0.6 is 0 Å². The fraction of sp³-hybridized carbons (Fsp3) is 0.545. The third-order valence-corrected chi connectivity index (χ3v) is 9.05. The third-order valence-electron chi connectivity index (χ3n) is 9.05. The Morgan fingerprint density at radius 2 is 1.79 bits per heavy atom. The van der Waals surface area contributed by atoms with Crippen molar-refractivity contribution in [2.45, 2.75) is 77.5 Å². The first-order valence-electron chi connectivity index (χ1n) is 15.4. The third kappa shape index (κ3) is 6.74. The molecule has 3 amide bonds. The standard InChI is InChI=1S/C33H44N4O6/c1-5-6-13-43-32(40)36-19-33(41,20-36)18-34-25-14-22(3)28-17-37(31(39)27(28)15-25)26-11-8-23(9-12-26)30(38)35-24-10-7-21(2)29(16-24)42-4/h7,10,14-16,23,26,34,41H,5-6,8-9,11-13,17-20H2,1-4H3,(H,35,38). The highest BCUT2D eigenvalue weighted by Gasteiger charge is 2.44. The molecule has 0 unspecified atom stereocenters. The minimum absolute atomic E-state index is 0.0107. The van der Waals surface area contributed by atoms with Crippen LogP contribution in [0.3, 0.4) is 0 Å². The Labute approximate surface area is 253 Å². The first-order chi connectivity index (χ1) is 20.6. The smallest absolute Gasteiger partial charge is 0.409 e. The molecule has 1 saturated heterocycles. The van der Waals surface area contributed by atoms with E-state index < -0.39 is 11.7 Å². The van der Waals surface area contributed by atoms with Crippen molar-refractivity contribution < 1.29 is 29.0 Å². The van der Waals surface area contributed by atoms with Gasteiger partial charge in [0.25, 0.3) is 5.91 Å². The number of carbonyl (C=O) groups is 3. The van der Waals surface area contributed by atoms with E-state index in [1.165, 1.54) is 4.90 Å².